The number of halogens is 2. The Balaban J connectivity index is 1.39. The smallest absolute Gasteiger partial charge is 0.254 e. The summed E-state index contributed by atoms with van der Waals surface area (Å²) in [5.41, 5.74) is 5.63. The summed E-state index contributed by atoms with van der Waals surface area (Å²) < 4.78 is 26.8. The summed E-state index contributed by atoms with van der Waals surface area (Å²) in [5.74, 6) is -2.18. The van der Waals surface area contributed by atoms with Crippen molar-refractivity contribution in [3.63, 3.8) is 0 Å². The molecule has 3 aromatic carbocycles. The van der Waals surface area contributed by atoms with Gasteiger partial charge in [-0.1, -0.05) is 48.5 Å². The highest BCUT2D eigenvalue weighted by molar-refractivity contribution is 5.94. The molecule has 1 saturated heterocycles. The minimum atomic E-state index is -0.990. The van der Waals surface area contributed by atoms with E-state index in [1.807, 2.05) is 0 Å². The van der Waals surface area contributed by atoms with Gasteiger partial charge in [-0.25, -0.2) is 8.78 Å². The van der Waals surface area contributed by atoms with Crippen LogP contribution in [0.15, 0.2) is 66.7 Å². The van der Waals surface area contributed by atoms with E-state index >= 15 is 0 Å². The average Bonchev–Trinajstić information content (AvgIpc) is 2.97. The topological polar surface area (TPSA) is 23.6 Å². The van der Waals surface area contributed by atoms with Gasteiger partial charge in [-0.15, -0.1) is 0 Å². The first-order valence-corrected chi connectivity index (χ1v) is 10.8. The molecule has 0 bridgehead atoms. The van der Waals surface area contributed by atoms with Gasteiger partial charge in [-0.3, -0.25) is 9.69 Å². The molecule has 5 rings (SSSR count). The maximum Gasteiger partial charge on any atom is 0.254 e. The summed E-state index contributed by atoms with van der Waals surface area (Å²) in [6.07, 6.45) is 2.05. The molecule has 0 unspecified atom stereocenters. The van der Waals surface area contributed by atoms with E-state index in [1.54, 1.807) is 4.90 Å². The SMILES string of the molecule is O=C(c1ccc(F)c(F)c1)N1CCN(C2c3ccccc3CCc3ccccc32)CC1. The van der Waals surface area contributed by atoms with Crippen molar-refractivity contribution in [3.05, 3.63) is 106 Å². The van der Waals surface area contributed by atoms with Crippen molar-refractivity contribution < 1.29 is 13.6 Å². The van der Waals surface area contributed by atoms with Crippen molar-refractivity contribution >= 4 is 5.91 Å². The lowest BCUT2D eigenvalue weighted by atomic mass is 9.92. The number of aryl methyl sites for hydroxylation is 2. The Bertz CT molecular complexity index is 1070. The van der Waals surface area contributed by atoms with Crippen molar-refractivity contribution in [1.82, 2.24) is 9.80 Å². The lowest BCUT2D eigenvalue weighted by Crippen LogP contribution is -2.50. The molecular formula is C26H24F2N2O. The van der Waals surface area contributed by atoms with Crippen LogP contribution in [0.4, 0.5) is 8.78 Å². The molecule has 158 valence electrons. The number of hydrogen-bond acceptors (Lipinski definition) is 2. The summed E-state index contributed by atoms with van der Waals surface area (Å²) in [7, 11) is 0. The number of amides is 1. The van der Waals surface area contributed by atoms with E-state index in [2.05, 4.69) is 53.4 Å². The van der Waals surface area contributed by atoms with Crippen LogP contribution >= 0.6 is 0 Å². The molecular weight excluding hydrogens is 394 g/mol. The molecule has 0 radical (unpaired) electrons. The van der Waals surface area contributed by atoms with Crippen LogP contribution in [-0.4, -0.2) is 41.9 Å². The Labute approximate surface area is 180 Å². The fourth-order valence-corrected chi connectivity index (χ4v) is 4.88. The zero-order valence-electron chi connectivity index (χ0n) is 17.2. The van der Waals surface area contributed by atoms with Crippen molar-refractivity contribution in [2.75, 3.05) is 26.2 Å². The summed E-state index contributed by atoms with van der Waals surface area (Å²) in [6, 6.07) is 20.8. The van der Waals surface area contributed by atoms with Crippen LogP contribution in [0.2, 0.25) is 0 Å². The Morgan fingerprint density at radius 2 is 1.32 bits per heavy atom. The molecule has 1 aliphatic heterocycles. The Morgan fingerprint density at radius 1 is 0.742 bits per heavy atom. The van der Waals surface area contributed by atoms with Gasteiger partial charge in [-0.2, -0.15) is 0 Å². The van der Waals surface area contributed by atoms with Gasteiger partial charge in [0.1, 0.15) is 0 Å². The third-order valence-electron chi connectivity index (χ3n) is 6.50. The van der Waals surface area contributed by atoms with Crippen LogP contribution in [0.5, 0.6) is 0 Å². The molecule has 0 aromatic heterocycles. The number of benzene rings is 3. The van der Waals surface area contributed by atoms with Gasteiger partial charge in [0.25, 0.3) is 5.91 Å². The van der Waals surface area contributed by atoms with E-state index in [9.17, 15) is 13.6 Å². The normalized spacial score (nSPS) is 17.0. The molecule has 0 N–H and O–H groups in total. The highest BCUT2D eigenvalue weighted by Gasteiger charge is 2.32. The molecule has 5 heteroatoms. The number of carbonyl (C=O) groups excluding carboxylic acids is 1. The molecule has 0 spiro atoms. The van der Waals surface area contributed by atoms with Crippen molar-refractivity contribution in [2.45, 2.75) is 18.9 Å². The van der Waals surface area contributed by atoms with E-state index in [-0.39, 0.29) is 17.5 Å². The number of nitrogens with zero attached hydrogens (tertiary/aromatic N) is 2. The van der Waals surface area contributed by atoms with E-state index in [4.69, 9.17) is 0 Å². The first-order chi connectivity index (χ1) is 15.1. The number of piperazine rings is 1. The minimum absolute atomic E-state index is 0.162. The molecule has 31 heavy (non-hydrogen) atoms. The molecule has 3 aromatic rings. The number of fused-ring (bicyclic) bond motifs is 2. The molecule has 3 nitrogen and oxygen atoms in total. The van der Waals surface area contributed by atoms with E-state index in [1.165, 1.54) is 28.3 Å². The standard InChI is InChI=1S/C26H24F2N2O/c27-23-12-11-20(17-24(23)28)26(31)30-15-13-29(14-16-30)25-21-7-3-1-5-18(21)9-10-19-6-2-4-8-22(19)25/h1-8,11-12,17,25H,9-10,13-16H2. The number of rotatable bonds is 2. The molecule has 1 heterocycles. The van der Waals surface area contributed by atoms with Crippen LogP contribution < -0.4 is 0 Å². The molecule has 1 aliphatic carbocycles. The zero-order chi connectivity index (χ0) is 21.4. The molecule has 1 fully saturated rings. The third-order valence-corrected chi connectivity index (χ3v) is 6.50. The van der Waals surface area contributed by atoms with E-state index in [0.717, 1.165) is 38.1 Å². The second kappa shape index (κ2) is 8.23. The average molecular weight is 418 g/mol. The van der Waals surface area contributed by atoms with Gasteiger partial charge >= 0.3 is 0 Å². The molecule has 0 atom stereocenters. The maximum atomic E-state index is 13.6. The first kappa shape index (κ1) is 19.9. The quantitative estimate of drug-likeness (QED) is 0.607. The first-order valence-electron chi connectivity index (χ1n) is 10.8. The van der Waals surface area contributed by atoms with E-state index < -0.39 is 11.6 Å². The highest BCUT2D eigenvalue weighted by atomic mass is 19.2. The molecule has 1 amide bonds. The highest BCUT2D eigenvalue weighted by Crippen LogP contribution is 2.37. The second-order valence-electron chi connectivity index (χ2n) is 8.26. The van der Waals surface area contributed by atoms with Gasteiger partial charge in [-0.05, 0) is 53.3 Å². The van der Waals surface area contributed by atoms with Crippen molar-refractivity contribution in [2.24, 2.45) is 0 Å². The Hall–Kier alpha value is -3.05. The fraction of sp³-hybridized carbons (Fsp3) is 0.269. The maximum absolute atomic E-state index is 13.6. The fourth-order valence-electron chi connectivity index (χ4n) is 4.88. The van der Waals surface area contributed by atoms with Gasteiger partial charge in [0.15, 0.2) is 11.6 Å². The zero-order valence-corrected chi connectivity index (χ0v) is 17.2. The van der Waals surface area contributed by atoms with Crippen LogP contribution in [0.3, 0.4) is 0 Å². The predicted octanol–water partition coefficient (Wildman–Crippen LogP) is 4.61. The van der Waals surface area contributed by atoms with E-state index in [0.29, 0.717) is 13.1 Å². The van der Waals surface area contributed by atoms with Crippen LogP contribution in [0.25, 0.3) is 0 Å². The monoisotopic (exact) mass is 418 g/mol. The Kier molecular flexibility index (Phi) is 5.28. The number of hydrogen-bond donors (Lipinski definition) is 0. The minimum Gasteiger partial charge on any atom is -0.336 e. The van der Waals surface area contributed by atoms with Gasteiger partial charge in [0.05, 0.1) is 6.04 Å². The summed E-state index contributed by atoms with van der Waals surface area (Å²) in [5, 5.41) is 0. The van der Waals surface area contributed by atoms with Crippen molar-refractivity contribution in [3.8, 4) is 0 Å². The summed E-state index contributed by atoms with van der Waals surface area (Å²) in [6.45, 7) is 2.56. The summed E-state index contributed by atoms with van der Waals surface area (Å²) in [4.78, 5) is 17.0. The lowest BCUT2D eigenvalue weighted by molar-refractivity contribution is 0.0596. The molecule has 2 aliphatic rings. The number of carbonyl (C=O) groups is 1. The predicted molar refractivity (Wildman–Crippen MR) is 116 cm³/mol. The lowest BCUT2D eigenvalue weighted by Gasteiger charge is -2.40. The Morgan fingerprint density at radius 3 is 1.90 bits per heavy atom. The summed E-state index contributed by atoms with van der Waals surface area (Å²) >= 11 is 0. The molecule has 0 saturated carbocycles. The van der Waals surface area contributed by atoms with Crippen molar-refractivity contribution in [1.29, 1.82) is 0 Å². The van der Waals surface area contributed by atoms with Gasteiger partial charge in [0, 0.05) is 31.7 Å². The largest absolute Gasteiger partial charge is 0.336 e. The van der Waals surface area contributed by atoms with Crippen LogP contribution in [0.1, 0.15) is 38.7 Å². The van der Waals surface area contributed by atoms with Crippen LogP contribution in [-0.2, 0) is 12.8 Å². The third kappa shape index (κ3) is 3.74. The van der Waals surface area contributed by atoms with Gasteiger partial charge < -0.3 is 4.90 Å². The second-order valence-corrected chi connectivity index (χ2v) is 8.26. The van der Waals surface area contributed by atoms with Gasteiger partial charge in [0.2, 0.25) is 0 Å². The van der Waals surface area contributed by atoms with Crippen LogP contribution in [0, 0.1) is 11.6 Å².